The zero-order valence-electron chi connectivity index (χ0n) is 11.0. The molecule has 0 aliphatic rings. The summed E-state index contributed by atoms with van der Waals surface area (Å²) in [5, 5.41) is 9.96. The zero-order chi connectivity index (χ0) is 13.2. The molecule has 0 saturated heterocycles. The molecular weight excluding hydrogens is 240 g/mol. The molecular formula is C16H22OS. The van der Waals surface area contributed by atoms with Crippen LogP contribution >= 0.6 is 11.8 Å². The molecule has 2 atom stereocenters. The van der Waals surface area contributed by atoms with Crippen molar-refractivity contribution >= 4 is 11.8 Å². The first-order valence-corrected chi connectivity index (χ1v) is 7.51. The highest BCUT2D eigenvalue weighted by Gasteiger charge is 2.17. The summed E-state index contributed by atoms with van der Waals surface area (Å²) in [4.78, 5) is 1.12. The summed E-state index contributed by atoms with van der Waals surface area (Å²) >= 11 is 1.57. The van der Waals surface area contributed by atoms with Crippen molar-refractivity contribution in [1.29, 1.82) is 0 Å². The topological polar surface area (TPSA) is 20.2 Å². The highest BCUT2D eigenvalue weighted by molar-refractivity contribution is 8.00. The first-order chi connectivity index (χ1) is 8.77. The van der Waals surface area contributed by atoms with E-state index in [-0.39, 0.29) is 5.25 Å². The summed E-state index contributed by atoms with van der Waals surface area (Å²) in [5.74, 6) is 2.70. The highest BCUT2D eigenvalue weighted by Crippen LogP contribution is 2.26. The molecule has 0 spiro atoms. The molecule has 98 valence electrons. The van der Waals surface area contributed by atoms with Gasteiger partial charge in [-0.25, -0.2) is 0 Å². The first-order valence-electron chi connectivity index (χ1n) is 6.63. The zero-order valence-corrected chi connectivity index (χ0v) is 11.8. The molecule has 1 rings (SSSR count). The Hall–Kier alpha value is -0.910. The molecule has 0 bridgehead atoms. The Morgan fingerprint density at radius 3 is 2.56 bits per heavy atom. The summed E-state index contributed by atoms with van der Waals surface area (Å²) in [5.41, 5.74) is 0. The van der Waals surface area contributed by atoms with Crippen LogP contribution in [0, 0.1) is 12.3 Å². The van der Waals surface area contributed by atoms with E-state index >= 15 is 0 Å². The van der Waals surface area contributed by atoms with Gasteiger partial charge in [-0.3, -0.25) is 0 Å². The number of rotatable bonds is 8. The van der Waals surface area contributed by atoms with Crippen LogP contribution in [0.3, 0.4) is 0 Å². The average molecular weight is 262 g/mol. The van der Waals surface area contributed by atoms with Gasteiger partial charge >= 0.3 is 0 Å². The Kier molecular flexibility index (Phi) is 7.64. The predicted octanol–water partition coefficient (Wildman–Crippen LogP) is 4.11. The van der Waals surface area contributed by atoms with Gasteiger partial charge in [-0.1, -0.05) is 56.7 Å². The lowest BCUT2D eigenvalue weighted by Gasteiger charge is -2.17. The minimum absolute atomic E-state index is 0.144. The molecule has 0 aromatic heterocycles. The number of hydrogen-bond acceptors (Lipinski definition) is 2. The van der Waals surface area contributed by atoms with Crippen LogP contribution in [0.2, 0.25) is 0 Å². The van der Waals surface area contributed by atoms with Crippen molar-refractivity contribution in [2.24, 2.45) is 0 Å². The third-order valence-electron chi connectivity index (χ3n) is 2.87. The van der Waals surface area contributed by atoms with E-state index in [0.29, 0.717) is 0 Å². The molecule has 0 fully saturated rings. The maximum absolute atomic E-state index is 10.1. The summed E-state index contributed by atoms with van der Waals surface area (Å²) in [7, 11) is 0. The second kappa shape index (κ2) is 9.08. The number of terminal acetylenes is 1. The monoisotopic (exact) mass is 262 g/mol. The van der Waals surface area contributed by atoms with Gasteiger partial charge in [-0.05, 0) is 18.6 Å². The van der Waals surface area contributed by atoms with Gasteiger partial charge in [0.15, 0.2) is 0 Å². The van der Waals surface area contributed by atoms with E-state index in [9.17, 15) is 5.11 Å². The average Bonchev–Trinajstić information content (AvgIpc) is 2.42. The molecule has 1 nitrogen and oxygen atoms in total. The molecule has 0 aliphatic heterocycles. The molecule has 18 heavy (non-hydrogen) atoms. The van der Waals surface area contributed by atoms with Crippen LogP contribution in [0.4, 0.5) is 0 Å². The molecule has 0 amide bonds. The number of aliphatic hydroxyl groups is 1. The van der Waals surface area contributed by atoms with Crippen LogP contribution in [0.15, 0.2) is 35.2 Å². The second-order valence-electron chi connectivity index (χ2n) is 4.43. The SMILES string of the molecule is C#C[C@@H](Sc1ccccc1)[C@H](O)CCCCCC. The molecule has 1 N–H and O–H groups in total. The number of benzene rings is 1. The Morgan fingerprint density at radius 1 is 1.22 bits per heavy atom. The maximum Gasteiger partial charge on any atom is 0.0959 e. The fraction of sp³-hybridized carbons (Fsp3) is 0.500. The van der Waals surface area contributed by atoms with Gasteiger partial charge in [0, 0.05) is 4.90 Å². The minimum Gasteiger partial charge on any atom is -0.391 e. The normalized spacial score (nSPS) is 13.8. The van der Waals surface area contributed by atoms with Crippen molar-refractivity contribution < 1.29 is 5.11 Å². The van der Waals surface area contributed by atoms with Crippen molar-refractivity contribution in [1.82, 2.24) is 0 Å². The number of aliphatic hydroxyl groups excluding tert-OH is 1. The van der Waals surface area contributed by atoms with Crippen molar-refractivity contribution in [3.8, 4) is 12.3 Å². The van der Waals surface area contributed by atoms with Crippen molar-refractivity contribution in [2.75, 3.05) is 0 Å². The van der Waals surface area contributed by atoms with E-state index in [2.05, 4.69) is 12.8 Å². The lowest BCUT2D eigenvalue weighted by atomic mass is 10.1. The Morgan fingerprint density at radius 2 is 1.94 bits per heavy atom. The van der Waals surface area contributed by atoms with Crippen LogP contribution in [-0.2, 0) is 0 Å². The lowest BCUT2D eigenvalue weighted by Crippen LogP contribution is -2.21. The smallest absolute Gasteiger partial charge is 0.0959 e. The quantitative estimate of drug-likeness (QED) is 0.432. The molecule has 1 aromatic carbocycles. The fourth-order valence-electron chi connectivity index (χ4n) is 1.80. The van der Waals surface area contributed by atoms with Gasteiger partial charge in [-0.15, -0.1) is 18.2 Å². The molecule has 0 unspecified atom stereocenters. The molecule has 0 heterocycles. The van der Waals surface area contributed by atoms with E-state index < -0.39 is 6.10 Å². The van der Waals surface area contributed by atoms with Crippen LogP contribution in [-0.4, -0.2) is 16.5 Å². The molecule has 0 aliphatic carbocycles. The van der Waals surface area contributed by atoms with Crippen molar-refractivity contribution in [2.45, 2.75) is 55.3 Å². The number of unbranched alkanes of at least 4 members (excludes halogenated alkanes) is 3. The summed E-state index contributed by atoms with van der Waals surface area (Å²) in [6, 6.07) is 10.0. The van der Waals surface area contributed by atoms with Crippen LogP contribution in [0.1, 0.15) is 39.0 Å². The van der Waals surface area contributed by atoms with E-state index in [0.717, 1.165) is 17.7 Å². The largest absolute Gasteiger partial charge is 0.391 e. The molecule has 1 aromatic rings. The van der Waals surface area contributed by atoms with Crippen molar-refractivity contribution in [3.63, 3.8) is 0 Å². The van der Waals surface area contributed by atoms with Crippen LogP contribution in [0.5, 0.6) is 0 Å². The number of thioether (sulfide) groups is 1. The summed E-state index contributed by atoms with van der Waals surface area (Å²) in [6.45, 7) is 2.19. The summed E-state index contributed by atoms with van der Waals surface area (Å²) < 4.78 is 0. The Balaban J connectivity index is 2.38. The maximum atomic E-state index is 10.1. The second-order valence-corrected chi connectivity index (χ2v) is 5.65. The van der Waals surface area contributed by atoms with Crippen LogP contribution in [0.25, 0.3) is 0 Å². The van der Waals surface area contributed by atoms with E-state index in [1.807, 2.05) is 30.3 Å². The van der Waals surface area contributed by atoms with Gasteiger partial charge in [0.1, 0.15) is 0 Å². The van der Waals surface area contributed by atoms with Gasteiger partial charge in [0.05, 0.1) is 11.4 Å². The Bertz CT molecular complexity index is 355. The van der Waals surface area contributed by atoms with E-state index in [1.54, 1.807) is 11.8 Å². The fourth-order valence-corrected chi connectivity index (χ4v) is 2.77. The van der Waals surface area contributed by atoms with E-state index in [4.69, 9.17) is 6.42 Å². The third kappa shape index (κ3) is 5.62. The molecule has 0 radical (unpaired) electrons. The van der Waals surface area contributed by atoms with E-state index in [1.165, 1.54) is 19.3 Å². The standard InChI is InChI=1S/C16H22OS/c1-3-5-6-10-13-15(17)16(4-2)18-14-11-8-7-9-12-14/h2,7-9,11-12,15-17H,3,5-6,10,13H2,1H3/t15-,16-/m1/s1. The third-order valence-corrected chi connectivity index (χ3v) is 4.12. The van der Waals surface area contributed by atoms with Gasteiger partial charge in [-0.2, -0.15) is 0 Å². The Labute approximate surface area is 115 Å². The van der Waals surface area contributed by atoms with Crippen LogP contribution < -0.4 is 0 Å². The van der Waals surface area contributed by atoms with Crippen molar-refractivity contribution in [3.05, 3.63) is 30.3 Å². The first kappa shape index (κ1) is 15.1. The molecule has 2 heteroatoms. The lowest BCUT2D eigenvalue weighted by molar-refractivity contribution is 0.171. The summed E-state index contributed by atoms with van der Waals surface area (Å²) in [6.07, 6.45) is 10.6. The van der Waals surface area contributed by atoms with Gasteiger partial charge in [0.2, 0.25) is 0 Å². The highest BCUT2D eigenvalue weighted by atomic mass is 32.2. The number of hydrogen-bond donors (Lipinski definition) is 1. The van der Waals surface area contributed by atoms with Gasteiger partial charge < -0.3 is 5.11 Å². The van der Waals surface area contributed by atoms with Gasteiger partial charge in [0.25, 0.3) is 0 Å². The molecule has 0 saturated carbocycles. The predicted molar refractivity (Wildman–Crippen MR) is 79.7 cm³/mol. The minimum atomic E-state index is -0.405.